The largest absolute Gasteiger partial charge is 0.355 e. The molecule has 1 aliphatic heterocycles. The van der Waals surface area contributed by atoms with Gasteiger partial charge in [0.1, 0.15) is 0 Å². The summed E-state index contributed by atoms with van der Waals surface area (Å²) in [4.78, 5) is 6.72. The maximum Gasteiger partial charge on any atom is 0.215 e. The second-order valence-corrected chi connectivity index (χ2v) is 9.19. The first-order chi connectivity index (χ1) is 13.5. The number of hydrogen-bond acceptors (Lipinski definition) is 4. The lowest BCUT2D eigenvalue weighted by atomic mass is 10.0. The molecule has 9 heteroatoms. The van der Waals surface area contributed by atoms with E-state index in [1.165, 1.54) is 9.87 Å². The predicted octanol–water partition coefficient (Wildman–Crippen LogP) is 2.11. The molecule has 1 fully saturated rings. The van der Waals surface area contributed by atoms with Gasteiger partial charge in [-0.15, -0.1) is 24.0 Å². The maximum atomic E-state index is 12.3. The van der Waals surface area contributed by atoms with Gasteiger partial charge in [-0.1, -0.05) is 44.2 Å². The molecule has 0 aromatic heterocycles. The summed E-state index contributed by atoms with van der Waals surface area (Å²) in [6, 6.07) is 10.8. The third-order valence-corrected chi connectivity index (χ3v) is 7.09. The molecular weight excluding hydrogens is 501 g/mol. The Bertz CT molecular complexity index is 711. The van der Waals surface area contributed by atoms with Gasteiger partial charge in [-0.3, -0.25) is 9.89 Å². The van der Waals surface area contributed by atoms with Gasteiger partial charge in [0.25, 0.3) is 0 Å². The van der Waals surface area contributed by atoms with E-state index < -0.39 is 10.0 Å². The van der Waals surface area contributed by atoms with Crippen LogP contribution in [0.15, 0.2) is 35.3 Å². The molecule has 1 saturated heterocycles. The van der Waals surface area contributed by atoms with Gasteiger partial charge in [0.05, 0.1) is 5.75 Å². The third-order valence-electron chi connectivity index (χ3n) is 5.07. The van der Waals surface area contributed by atoms with Crippen LogP contribution in [0.4, 0.5) is 0 Å². The lowest BCUT2D eigenvalue weighted by molar-refractivity contribution is 0.192. The Kier molecular flexibility index (Phi) is 12.1. The minimum absolute atomic E-state index is 0. The van der Waals surface area contributed by atoms with Gasteiger partial charge in [-0.2, -0.15) is 0 Å². The Hall–Kier alpha value is -0.910. The first kappa shape index (κ1) is 26.1. The number of nitrogens with zero attached hydrogens (tertiary/aromatic N) is 3. The summed E-state index contributed by atoms with van der Waals surface area (Å²) in [6.07, 6.45) is 2.22. The summed E-state index contributed by atoms with van der Waals surface area (Å²) < 4.78 is 26.1. The standard InChI is InChI=1S/C20H35N5O2S.HI/c1-4-25(5-2)28(26,27)15-13-22-20(21-3)23-19-12-9-14-24(17-19)16-18-10-7-6-8-11-18;/h6-8,10-11,19H,4-5,9,12-17H2,1-3H3,(H2,21,22,23);1H. The van der Waals surface area contributed by atoms with Crippen molar-refractivity contribution in [3.63, 3.8) is 0 Å². The van der Waals surface area contributed by atoms with Gasteiger partial charge in [0.2, 0.25) is 10.0 Å². The van der Waals surface area contributed by atoms with E-state index in [0.29, 0.717) is 31.6 Å². The number of aliphatic imine (C=N–C) groups is 1. The Labute approximate surface area is 193 Å². The maximum absolute atomic E-state index is 12.3. The van der Waals surface area contributed by atoms with Crippen molar-refractivity contribution in [2.45, 2.75) is 39.3 Å². The molecule has 2 rings (SSSR count). The van der Waals surface area contributed by atoms with Crippen molar-refractivity contribution in [3.05, 3.63) is 35.9 Å². The van der Waals surface area contributed by atoms with Crippen molar-refractivity contribution < 1.29 is 8.42 Å². The van der Waals surface area contributed by atoms with Gasteiger partial charge >= 0.3 is 0 Å². The van der Waals surface area contributed by atoms with E-state index in [0.717, 1.165) is 32.5 Å². The highest BCUT2D eigenvalue weighted by molar-refractivity contribution is 14.0. The van der Waals surface area contributed by atoms with E-state index in [2.05, 4.69) is 44.8 Å². The summed E-state index contributed by atoms with van der Waals surface area (Å²) >= 11 is 0. The fourth-order valence-electron chi connectivity index (χ4n) is 3.59. The quantitative estimate of drug-likeness (QED) is 0.287. The smallest absolute Gasteiger partial charge is 0.215 e. The lowest BCUT2D eigenvalue weighted by Crippen LogP contribution is -2.51. The van der Waals surface area contributed by atoms with Crippen LogP contribution in [-0.4, -0.2) is 75.1 Å². The van der Waals surface area contributed by atoms with Crippen LogP contribution in [0.25, 0.3) is 0 Å². The van der Waals surface area contributed by atoms with Crippen molar-refractivity contribution in [1.82, 2.24) is 19.8 Å². The molecule has 7 nitrogen and oxygen atoms in total. The van der Waals surface area contributed by atoms with Gasteiger partial charge in [0.15, 0.2) is 5.96 Å². The van der Waals surface area contributed by atoms with Crippen LogP contribution in [0.5, 0.6) is 0 Å². The molecule has 0 radical (unpaired) electrons. The van der Waals surface area contributed by atoms with Gasteiger partial charge in [-0.05, 0) is 24.9 Å². The van der Waals surface area contributed by atoms with Crippen LogP contribution in [-0.2, 0) is 16.6 Å². The molecule has 1 aliphatic rings. The number of piperidine rings is 1. The van der Waals surface area contributed by atoms with Crippen LogP contribution < -0.4 is 10.6 Å². The van der Waals surface area contributed by atoms with E-state index in [1.54, 1.807) is 7.05 Å². The molecule has 1 aromatic carbocycles. The zero-order valence-corrected chi connectivity index (χ0v) is 20.9. The number of benzene rings is 1. The number of rotatable bonds is 9. The molecule has 0 spiro atoms. The molecule has 1 unspecified atom stereocenters. The Morgan fingerprint density at radius 1 is 1.24 bits per heavy atom. The van der Waals surface area contributed by atoms with E-state index in [1.807, 2.05) is 19.9 Å². The zero-order valence-electron chi connectivity index (χ0n) is 17.8. The van der Waals surface area contributed by atoms with Crippen molar-refractivity contribution in [2.24, 2.45) is 4.99 Å². The second-order valence-electron chi connectivity index (χ2n) is 7.10. The van der Waals surface area contributed by atoms with Gasteiger partial charge in [0, 0.05) is 45.8 Å². The molecule has 166 valence electrons. The highest BCUT2D eigenvalue weighted by atomic mass is 127. The van der Waals surface area contributed by atoms with Crippen molar-refractivity contribution in [3.8, 4) is 0 Å². The molecule has 0 aliphatic carbocycles. The molecule has 1 heterocycles. The molecule has 1 aromatic rings. The average Bonchev–Trinajstić information content (AvgIpc) is 2.69. The Morgan fingerprint density at radius 2 is 1.93 bits per heavy atom. The fraction of sp³-hybridized carbons (Fsp3) is 0.650. The number of hydrogen-bond donors (Lipinski definition) is 2. The first-order valence-corrected chi connectivity index (χ1v) is 11.8. The highest BCUT2D eigenvalue weighted by Crippen LogP contribution is 2.13. The summed E-state index contributed by atoms with van der Waals surface area (Å²) in [5, 5.41) is 6.61. The Morgan fingerprint density at radius 3 is 2.55 bits per heavy atom. The summed E-state index contributed by atoms with van der Waals surface area (Å²) in [6.45, 7) is 8.08. The van der Waals surface area contributed by atoms with Crippen molar-refractivity contribution in [2.75, 3.05) is 45.5 Å². The lowest BCUT2D eigenvalue weighted by Gasteiger charge is -2.34. The molecular formula is C20H36IN5O2S. The number of nitrogens with one attached hydrogen (secondary N) is 2. The minimum atomic E-state index is -3.22. The van der Waals surface area contributed by atoms with Gasteiger partial charge in [-0.25, -0.2) is 12.7 Å². The van der Waals surface area contributed by atoms with Crippen LogP contribution in [0.1, 0.15) is 32.3 Å². The van der Waals surface area contributed by atoms with Crippen LogP contribution in [0, 0.1) is 0 Å². The normalized spacial score (nSPS) is 18.3. The van der Waals surface area contributed by atoms with E-state index >= 15 is 0 Å². The van der Waals surface area contributed by atoms with Crippen molar-refractivity contribution in [1.29, 1.82) is 0 Å². The average molecular weight is 538 g/mol. The highest BCUT2D eigenvalue weighted by Gasteiger charge is 2.22. The number of sulfonamides is 1. The summed E-state index contributed by atoms with van der Waals surface area (Å²) in [7, 11) is -1.50. The molecule has 29 heavy (non-hydrogen) atoms. The molecule has 0 saturated carbocycles. The third kappa shape index (κ3) is 8.77. The van der Waals surface area contributed by atoms with Crippen molar-refractivity contribution >= 4 is 40.0 Å². The SMILES string of the molecule is CCN(CC)S(=O)(=O)CCNC(=NC)NC1CCCN(Cc2ccccc2)C1.I. The van der Waals surface area contributed by atoms with E-state index in [4.69, 9.17) is 0 Å². The first-order valence-electron chi connectivity index (χ1n) is 10.2. The van der Waals surface area contributed by atoms with E-state index in [9.17, 15) is 8.42 Å². The molecule has 2 N–H and O–H groups in total. The van der Waals surface area contributed by atoms with Crippen LogP contribution in [0.2, 0.25) is 0 Å². The number of halogens is 1. The van der Waals surface area contributed by atoms with E-state index in [-0.39, 0.29) is 29.7 Å². The number of likely N-dealkylation sites (tertiary alicyclic amines) is 1. The Balaban J connectivity index is 0.00000420. The summed E-state index contributed by atoms with van der Waals surface area (Å²) in [5.41, 5.74) is 1.33. The van der Waals surface area contributed by atoms with Gasteiger partial charge < -0.3 is 10.6 Å². The van der Waals surface area contributed by atoms with Crippen LogP contribution in [0.3, 0.4) is 0 Å². The predicted molar refractivity (Wildman–Crippen MR) is 131 cm³/mol. The second kappa shape index (κ2) is 13.4. The molecule has 1 atom stereocenters. The summed E-state index contributed by atoms with van der Waals surface area (Å²) in [5.74, 6) is 0.737. The minimum Gasteiger partial charge on any atom is -0.355 e. The zero-order chi connectivity index (χ0) is 20.4. The van der Waals surface area contributed by atoms with Crippen LogP contribution >= 0.6 is 24.0 Å². The topological polar surface area (TPSA) is 77.0 Å². The fourth-order valence-corrected chi connectivity index (χ4v) is 5.00. The molecule has 0 amide bonds. The molecule has 0 bridgehead atoms. The monoisotopic (exact) mass is 537 g/mol. The number of guanidine groups is 1.